The van der Waals surface area contributed by atoms with Crippen LogP contribution in [0.1, 0.15) is 5.56 Å². The molecule has 1 heterocycles. The lowest BCUT2D eigenvalue weighted by molar-refractivity contribution is 0.206. The first-order chi connectivity index (χ1) is 14.3. The average molecular weight is 433 g/mol. The molecular formula is C19H20FN5O4S. The number of nitrogens with one attached hydrogen (secondary N) is 1. The van der Waals surface area contributed by atoms with E-state index in [4.69, 9.17) is 9.84 Å². The van der Waals surface area contributed by atoms with Crippen LogP contribution >= 0.6 is 0 Å². The molecular weight excluding hydrogens is 413 g/mol. The molecule has 3 aromatic rings. The number of hydrogen-bond acceptors (Lipinski definition) is 6. The van der Waals surface area contributed by atoms with Crippen molar-refractivity contribution in [3.8, 4) is 17.1 Å². The van der Waals surface area contributed by atoms with E-state index in [1.165, 1.54) is 37.9 Å². The van der Waals surface area contributed by atoms with Crippen molar-refractivity contribution in [1.82, 2.24) is 15.0 Å². The Morgan fingerprint density at radius 2 is 2.07 bits per heavy atom. The Labute approximate surface area is 172 Å². The predicted molar refractivity (Wildman–Crippen MR) is 113 cm³/mol. The van der Waals surface area contributed by atoms with Gasteiger partial charge in [0.05, 0.1) is 12.7 Å². The highest BCUT2D eigenvalue weighted by molar-refractivity contribution is 7.98. The molecule has 0 fully saturated rings. The van der Waals surface area contributed by atoms with Crippen molar-refractivity contribution in [1.29, 1.82) is 0 Å². The van der Waals surface area contributed by atoms with Crippen LogP contribution in [-0.4, -0.2) is 44.1 Å². The van der Waals surface area contributed by atoms with E-state index in [0.29, 0.717) is 22.6 Å². The van der Waals surface area contributed by atoms with Gasteiger partial charge in [-0.3, -0.25) is 0 Å². The smallest absolute Gasteiger partial charge is 0.437 e. The van der Waals surface area contributed by atoms with Crippen molar-refractivity contribution in [2.24, 2.45) is 4.36 Å². The molecule has 0 saturated carbocycles. The van der Waals surface area contributed by atoms with Crippen LogP contribution in [0.4, 0.5) is 20.8 Å². The van der Waals surface area contributed by atoms with Crippen molar-refractivity contribution in [3.63, 3.8) is 0 Å². The Hall–Kier alpha value is -3.44. The van der Waals surface area contributed by atoms with Crippen molar-refractivity contribution in [3.05, 3.63) is 60.2 Å². The summed E-state index contributed by atoms with van der Waals surface area (Å²) in [5.41, 5.74) is 1.70. The monoisotopic (exact) mass is 433 g/mol. The van der Waals surface area contributed by atoms with E-state index in [9.17, 15) is 13.7 Å². The first-order valence-corrected chi connectivity index (χ1v) is 11.0. The zero-order chi connectivity index (χ0) is 21.7. The molecule has 30 heavy (non-hydrogen) atoms. The Morgan fingerprint density at radius 3 is 2.80 bits per heavy atom. The standard InChI is InChI=1S/C19H20FN5O4S/c1-29-16-7-6-13(20)9-15(16)17-21-11-22-18(24-17)23-14-5-3-4-12(8-14)10-30(2,28)25-19(26)27/h3-9,11,30H,10H2,1-2H3,(H,25,28)(H,26,27)(H,21,22,23,24). The largest absolute Gasteiger partial charge is 0.496 e. The molecule has 1 amide bonds. The second kappa shape index (κ2) is 8.93. The topological polar surface area (TPSA) is 130 Å². The molecule has 0 spiro atoms. The lowest BCUT2D eigenvalue weighted by Gasteiger charge is -2.17. The average Bonchev–Trinajstić information content (AvgIpc) is 2.67. The summed E-state index contributed by atoms with van der Waals surface area (Å²) in [7, 11) is -1.51. The maximum Gasteiger partial charge on any atom is 0.437 e. The van der Waals surface area contributed by atoms with Gasteiger partial charge in [0, 0.05) is 11.4 Å². The van der Waals surface area contributed by atoms with E-state index in [0.717, 1.165) is 0 Å². The van der Waals surface area contributed by atoms with Crippen LogP contribution in [0, 0.1) is 5.82 Å². The zero-order valence-corrected chi connectivity index (χ0v) is 17.0. The van der Waals surface area contributed by atoms with Crippen LogP contribution in [0.3, 0.4) is 0 Å². The second-order valence-electron chi connectivity index (χ2n) is 6.43. The van der Waals surface area contributed by atoms with Gasteiger partial charge in [0.1, 0.15) is 17.9 Å². The molecule has 0 bridgehead atoms. The maximum absolute atomic E-state index is 13.7. The minimum atomic E-state index is -2.98. The summed E-state index contributed by atoms with van der Waals surface area (Å²) in [5.74, 6) is 0.534. The number of anilines is 2. The quantitative estimate of drug-likeness (QED) is 0.432. The number of methoxy groups -OCH3 is 1. The normalized spacial score (nSPS) is 11.6. The van der Waals surface area contributed by atoms with E-state index in [2.05, 4.69) is 24.6 Å². The number of rotatable bonds is 6. The molecule has 2 aromatic carbocycles. The van der Waals surface area contributed by atoms with E-state index in [-0.39, 0.29) is 17.5 Å². The number of amides is 1. The number of halogens is 1. The molecule has 0 radical (unpaired) electrons. The van der Waals surface area contributed by atoms with Crippen molar-refractivity contribution < 1.29 is 23.6 Å². The molecule has 11 heteroatoms. The third-order valence-corrected chi connectivity index (χ3v) is 5.51. The first kappa shape index (κ1) is 21.3. The number of aromatic nitrogens is 3. The van der Waals surface area contributed by atoms with Gasteiger partial charge < -0.3 is 19.7 Å². The summed E-state index contributed by atoms with van der Waals surface area (Å²) in [6, 6.07) is 11.0. The maximum atomic E-state index is 13.7. The Morgan fingerprint density at radius 1 is 1.27 bits per heavy atom. The molecule has 3 N–H and O–H groups in total. The number of nitrogens with zero attached hydrogens (tertiary/aromatic N) is 4. The van der Waals surface area contributed by atoms with Gasteiger partial charge in [0.15, 0.2) is 5.82 Å². The van der Waals surface area contributed by atoms with Gasteiger partial charge in [-0.1, -0.05) is 22.2 Å². The van der Waals surface area contributed by atoms with Crippen LogP contribution < -0.4 is 10.1 Å². The molecule has 3 rings (SSSR count). The van der Waals surface area contributed by atoms with Crippen LogP contribution in [0.15, 0.2) is 53.2 Å². The van der Waals surface area contributed by atoms with E-state index in [1.54, 1.807) is 24.3 Å². The van der Waals surface area contributed by atoms with Crippen LogP contribution in [-0.2, 0) is 15.9 Å². The first-order valence-electron chi connectivity index (χ1n) is 8.69. The van der Waals surface area contributed by atoms with Gasteiger partial charge in [-0.05, 0) is 42.2 Å². The van der Waals surface area contributed by atoms with Gasteiger partial charge in [-0.2, -0.15) is 9.35 Å². The summed E-state index contributed by atoms with van der Waals surface area (Å²) >= 11 is 0. The Bertz CT molecular complexity index is 1140. The second-order valence-corrected chi connectivity index (χ2v) is 9.13. The van der Waals surface area contributed by atoms with Crippen molar-refractivity contribution in [2.75, 3.05) is 18.7 Å². The highest BCUT2D eigenvalue weighted by atomic mass is 32.3. The summed E-state index contributed by atoms with van der Waals surface area (Å²) in [6.45, 7) is 0. The highest BCUT2D eigenvalue weighted by Gasteiger charge is 2.12. The highest BCUT2D eigenvalue weighted by Crippen LogP contribution is 2.28. The third kappa shape index (κ3) is 5.55. The SMILES string of the molecule is COc1ccc(F)cc1-c1ncnc(Nc2cccc(C[SH](C)(O)=NC(=O)O)c2)n1. The molecule has 0 aliphatic carbocycles. The molecule has 0 atom stereocenters. The van der Waals surface area contributed by atoms with Gasteiger partial charge >= 0.3 is 6.09 Å². The van der Waals surface area contributed by atoms with Crippen molar-refractivity contribution >= 4 is 27.8 Å². The van der Waals surface area contributed by atoms with E-state index in [1.807, 2.05) is 0 Å². The molecule has 0 aliphatic rings. The number of carboxylic acid groups (broad SMARTS) is 1. The molecule has 158 valence electrons. The van der Waals surface area contributed by atoms with Crippen molar-refractivity contribution in [2.45, 2.75) is 5.75 Å². The molecule has 1 aromatic heterocycles. The lowest BCUT2D eigenvalue weighted by Crippen LogP contribution is -2.13. The van der Waals surface area contributed by atoms with Gasteiger partial charge in [0.25, 0.3) is 0 Å². The van der Waals surface area contributed by atoms with E-state index >= 15 is 0 Å². The van der Waals surface area contributed by atoms with Crippen LogP contribution in [0.2, 0.25) is 0 Å². The third-order valence-electron chi connectivity index (χ3n) is 3.94. The minimum Gasteiger partial charge on any atom is -0.496 e. The molecule has 0 aliphatic heterocycles. The summed E-state index contributed by atoms with van der Waals surface area (Å²) < 4.78 is 32.5. The predicted octanol–water partition coefficient (Wildman–Crippen LogP) is 3.78. The molecule has 9 nitrogen and oxygen atoms in total. The fraction of sp³-hybridized carbons (Fsp3) is 0.158. The lowest BCUT2D eigenvalue weighted by atomic mass is 10.2. The fourth-order valence-electron chi connectivity index (χ4n) is 2.78. The fourth-order valence-corrected chi connectivity index (χ4v) is 4.11. The van der Waals surface area contributed by atoms with Crippen LogP contribution in [0.25, 0.3) is 11.4 Å². The zero-order valence-electron chi connectivity index (χ0n) is 16.2. The number of thiol groups is 1. The summed E-state index contributed by atoms with van der Waals surface area (Å²) in [6.07, 6.45) is 1.32. The Balaban J connectivity index is 1.86. The van der Waals surface area contributed by atoms with Gasteiger partial charge in [0.2, 0.25) is 5.95 Å². The summed E-state index contributed by atoms with van der Waals surface area (Å²) in [5, 5.41) is 11.8. The van der Waals surface area contributed by atoms with Gasteiger partial charge in [-0.25, -0.2) is 19.2 Å². The number of carbonyl (C=O) groups is 1. The molecule has 0 unspecified atom stereocenters. The summed E-state index contributed by atoms with van der Waals surface area (Å²) in [4.78, 5) is 23.2. The number of benzene rings is 2. The van der Waals surface area contributed by atoms with Crippen LogP contribution in [0.5, 0.6) is 5.75 Å². The number of ether oxygens (including phenoxy) is 1. The van der Waals surface area contributed by atoms with Gasteiger partial charge in [-0.15, -0.1) is 0 Å². The Kier molecular flexibility index (Phi) is 6.33. The molecule has 0 saturated heterocycles. The minimum absolute atomic E-state index is 0.109. The number of hydrogen-bond donors (Lipinski definition) is 4. The van der Waals surface area contributed by atoms with E-state index < -0.39 is 22.0 Å².